The Morgan fingerprint density at radius 3 is 2.93 bits per heavy atom. The van der Waals surface area contributed by atoms with Gasteiger partial charge in [0, 0.05) is 13.1 Å². The maximum atomic E-state index is 10.7. The number of nitrogens with two attached hydrogens (primary N) is 1. The fourth-order valence-corrected chi connectivity index (χ4v) is 1.08. The molecule has 0 spiro atoms. The highest BCUT2D eigenvalue weighted by Gasteiger charge is 2.10. The number of carboxylic acid groups (broad SMARTS) is 1. The molecule has 76 valence electrons. The van der Waals surface area contributed by atoms with Crippen LogP contribution in [0.2, 0.25) is 5.15 Å². The van der Waals surface area contributed by atoms with Crippen molar-refractivity contribution >= 4 is 23.4 Å². The van der Waals surface area contributed by atoms with Gasteiger partial charge in [0.25, 0.3) is 0 Å². The largest absolute Gasteiger partial charge is 0.478 e. The molecule has 5 nitrogen and oxygen atoms in total. The number of carboxylic acids is 1. The summed E-state index contributed by atoms with van der Waals surface area (Å²) in [6.45, 7) is 0.848. The van der Waals surface area contributed by atoms with Crippen LogP contribution in [0.25, 0.3) is 0 Å². The third-order valence-corrected chi connectivity index (χ3v) is 1.74. The number of nitrogens with one attached hydrogen (secondary N) is 1. The fraction of sp³-hybridized carbons (Fsp3) is 0.250. The summed E-state index contributed by atoms with van der Waals surface area (Å²) in [7, 11) is 0. The van der Waals surface area contributed by atoms with Crippen LogP contribution in [0.15, 0.2) is 12.1 Å². The molecule has 1 heterocycles. The highest BCUT2D eigenvalue weighted by molar-refractivity contribution is 6.29. The first-order valence-corrected chi connectivity index (χ1v) is 4.36. The lowest BCUT2D eigenvalue weighted by atomic mass is 10.2. The second kappa shape index (κ2) is 4.78. The van der Waals surface area contributed by atoms with E-state index in [1.54, 1.807) is 0 Å². The number of hydrogen-bond donors (Lipinski definition) is 3. The predicted octanol–water partition coefficient (Wildman–Crippen LogP) is 0.804. The second-order valence-electron chi connectivity index (χ2n) is 2.55. The van der Waals surface area contributed by atoms with Gasteiger partial charge >= 0.3 is 5.97 Å². The summed E-state index contributed by atoms with van der Waals surface area (Å²) in [5, 5.41) is 11.8. The maximum absolute atomic E-state index is 10.7. The van der Waals surface area contributed by atoms with Gasteiger partial charge in [-0.25, -0.2) is 9.78 Å². The van der Waals surface area contributed by atoms with E-state index >= 15 is 0 Å². The molecule has 4 N–H and O–H groups in total. The molecule has 6 heteroatoms. The summed E-state index contributed by atoms with van der Waals surface area (Å²) in [4.78, 5) is 14.6. The van der Waals surface area contributed by atoms with E-state index in [2.05, 4.69) is 10.3 Å². The van der Waals surface area contributed by atoms with E-state index in [4.69, 9.17) is 22.4 Å². The van der Waals surface area contributed by atoms with Crippen molar-refractivity contribution < 1.29 is 9.90 Å². The Hall–Kier alpha value is -1.33. The minimum Gasteiger partial charge on any atom is -0.478 e. The Labute approximate surface area is 85.9 Å². The van der Waals surface area contributed by atoms with Crippen molar-refractivity contribution in [3.05, 3.63) is 22.8 Å². The van der Waals surface area contributed by atoms with Crippen LogP contribution < -0.4 is 11.1 Å². The average Bonchev–Trinajstić information content (AvgIpc) is 2.14. The molecule has 0 aliphatic heterocycles. The number of hydrogen-bond acceptors (Lipinski definition) is 4. The Bertz CT molecular complexity index is 343. The third-order valence-electron chi connectivity index (χ3n) is 1.53. The normalized spacial score (nSPS) is 9.86. The van der Waals surface area contributed by atoms with E-state index < -0.39 is 5.97 Å². The number of nitrogens with zero attached hydrogens (tertiary/aromatic N) is 1. The summed E-state index contributed by atoms with van der Waals surface area (Å²) in [5.41, 5.74) is 5.36. The molecular formula is C8H10ClN3O2. The molecule has 0 saturated heterocycles. The van der Waals surface area contributed by atoms with Crippen LogP contribution in [-0.2, 0) is 0 Å². The van der Waals surface area contributed by atoms with Crippen LogP contribution in [-0.4, -0.2) is 29.1 Å². The predicted molar refractivity (Wildman–Crippen MR) is 53.8 cm³/mol. The zero-order valence-electron chi connectivity index (χ0n) is 7.33. The van der Waals surface area contributed by atoms with Crippen LogP contribution in [0.4, 0.5) is 5.82 Å². The molecule has 0 radical (unpaired) electrons. The van der Waals surface area contributed by atoms with Gasteiger partial charge in [0.05, 0.1) is 0 Å². The van der Waals surface area contributed by atoms with E-state index in [1.807, 2.05) is 0 Å². The number of carbonyl (C=O) groups is 1. The lowest BCUT2D eigenvalue weighted by molar-refractivity contribution is 0.0697. The molecule has 0 bridgehead atoms. The van der Waals surface area contributed by atoms with Gasteiger partial charge in [0.2, 0.25) is 0 Å². The molecule has 1 aromatic rings. The second-order valence-corrected chi connectivity index (χ2v) is 2.94. The molecule has 14 heavy (non-hydrogen) atoms. The molecule has 0 aromatic carbocycles. The van der Waals surface area contributed by atoms with Crippen LogP contribution in [0, 0.1) is 0 Å². The van der Waals surface area contributed by atoms with E-state index in [9.17, 15) is 4.79 Å². The van der Waals surface area contributed by atoms with Gasteiger partial charge in [0.15, 0.2) is 0 Å². The number of rotatable bonds is 4. The zero-order chi connectivity index (χ0) is 10.6. The summed E-state index contributed by atoms with van der Waals surface area (Å²) in [6.07, 6.45) is 0. The van der Waals surface area contributed by atoms with Crippen molar-refractivity contribution in [3.8, 4) is 0 Å². The minimum absolute atomic E-state index is 0.0860. The van der Waals surface area contributed by atoms with Gasteiger partial charge in [-0.05, 0) is 12.1 Å². The molecule has 0 aliphatic rings. The molecule has 0 atom stereocenters. The first-order valence-electron chi connectivity index (χ1n) is 3.99. The Morgan fingerprint density at radius 1 is 1.64 bits per heavy atom. The number of aromatic nitrogens is 1. The van der Waals surface area contributed by atoms with E-state index in [0.29, 0.717) is 13.1 Å². The highest BCUT2D eigenvalue weighted by atomic mass is 35.5. The standard InChI is InChI=1S/C8H10ClN3O2/c9-6-2-1-5(8(13)14)7(12-6)11-4-3-10/h1-2H,3-4,10H2,(H,11,12)(H,13,14). The van der Waals surface area contributed by atoms with Gasteiger partial charge in [0.1, 0.15) is 16.5 Å². The number of anilines is 1. The summed E-state index contributed by atoms with van der Waals surface area (Å²) < 4.78 is 0. The fourth-order valence-electron chi connectivity index (χ4n) is 0.933. The third kappa shape index (κ3) is 2.58. The molecule has 1 rings (SSSR count). The Balaban J connectivity index is 2.97. The number of halogens is 1. The molecule has 0 saturated carbocycles. The number of aromatic carboxylic acids is 1. The molecule has 0 amide bonds. The molecule has 1 aromatic heterocycles. The van der Waals surface area contributed by atoms with Gasteiger partial charge in [-0.15, -0.1) is 0 Å². The van der Waals surface area contributed by atoms with E-state index in [-0.39, 0.29) is 16.5 Å². The van der Waals surface area contributed by atoms with Crippen LogP contribution >= 0.6 is 11.6 Å². The minimum atomic E-state index is -1.05. The topological polar surface area (TPSA) is 88.2 Å². The van der Waals surface area contributed by atoms with Crippen molar-refractivity contribution in [2.45, 2.75) is 0 Å². The molecular weight excluding hydrogens is 206 g/mol. The van der Waals surface area contributed by atoms with Gasteiger partial charge in [-0.1, -0.05) is 11.6 Å². The van der Waals surface area contributed by atoms with Gasteiger partial charge in [-0.3, -0.25) is 0 Å². The maximum Gasteiger partial charge on any atom is 0.339 e. The van der Waals surface area contributed by atoms with Crippen molar-refractivity contribution in [1.29, 1.82) is 0 Å². The Kier molecular flexibility index (Phi) is 3.67. The SMILES string of the molecule is NCCNc1nc(Cl)ccc1C(=O)O. The van der Waals surface area contributed by atoms with Crippen molar-refractivity contribution in [3.63, 3.8) is 0 Å². The summed E-state index contributed by atoms with van der Waals surface area (Å²) in [6, 6.07) is 2.83. The highest BCUT2D eigenvalue weighted by Crippen LogP contribution is 2.15. The lowest BCUT2D eigenvalue weighted by Gasteiger charge is -2.06. The zero-order valence-corrected chi connectivity index (χ0v) is 8.08. The van der Waals surface area contributed by atoms with Crippen molar-refractivity contribution in [2.24, 2.45) is 5.73 Å². The molecule has 0 fully saturated rings. The molecule has 0 unspecified atom stereocenters. The molecule has 0 aliphatic carbocycles. The number of pyridine rings is 1. The first kappa shape index (κ1) is 10.7. The first-order chi connectivity index (χ1) is 6.65. The smallest absolute Gasteiger partial charge is 0.339 e. The van der Waals surface area contributed by atoms with Crippen molar-refractivity contribution in [2.75, 3.05) is 18.4 Å². The van der Waals surface area contributed by atoms with Gasteiger partial charge in [-0.2, -0.15) is 0 Å². The van der Waals surface area contributed by atoms with Crippen LogP contribution in [0.5, 0.6) is 0 Å². The quantitative estimate of drug-likeness (QED) is 0.647. The van der Waals surface area contributed by atoms with Gasteiger partial charge < -0.3 is 16.2 Å². The van der Waals surface area contributed by atoms with E-state index in [1.165, 1.54) is 12.1 Å². The summed E-state index contributed by atoms with van der Waals surface area (Å²) >= 11 is 5.63. The Morgan fingerprint density at radius 2 is 2.36 bits per heavy atom. The van der Waals surface area contributed by atoms with Crippen LogP contribution in [0.3, 0.4) is 0 Å². The summed E-state index contributed by atoms with van der Waals surface area (Å²) in [5.74, 6) is -0.802. The van der Waals surface area contributed by atoms with E-state index in [0.717, 1.165) is 0 Å². The lowest BCUT2D eigenvalue weighted by Crippen LogP contribution is -2.16. The average molecular weight is 216 g/mol. The van der Waals surface area contributed by atoms with Crippen molar-refractivity contribution in [1.82, 2.24) is 4.98 Å². The van der Waals surface area contributed by atoms with Crippen LogP contribution in [0.1, 0.15) is 10.4 Å². The monoisotopic (exact) mass is 215 g/mol.